The van der Waals surface area contributed by atoms with Gasteiger partial charge >= 0.3 is 0 Å². The molecule has 17 heavy (non-hydrogen) atoms. The van der Waals surface area contributed by atoms with E-state index in [1.54, 1.807) is 0 Å². The Kier molecular flexibility index (Phi) is 3.74. The summed E-state index contributed by atoms with van der Waals surface area (Å²) < 4.78 is 25.9. The lowest BCUT2D eigenvalue weighted by Crippen LogP contribution is -2.32. The Balaban J connectivity index is 2.12. The minimum Gasteiger partial charge on any atom is -0.391 e. The molecule has 1 aromatic rings. The SMILES string of the molecule is N[C@@H](c1ccc(F)c(F)c1)[C@H](O)C1CCCC1. The molecule has 1 saturated carbocycles. The summed E-state index contributed by atoms with van der Waals surface area (Å²) in [4.78, 5) is 0. The van der Waals surface area contributed by atoms with Crippen LogP contribution in [0.3, 0.4) is 0 Å². The fourth-order valence-electron chi connectivity index (χ4n) is 2.51. The molecule has 0 heterocycles. The van der Waals surface area contributed by atoms with Gasteiger partial charge in [-0.05, 0) is 36.5 Å². The second kappa shape index (κ2) is 5.10. The normalized spacial score (nSPS) is 20.5. The van der Waals surface area contributed by atoms with Crippen LogP contribution in [0.15, 0.2) is 18.2 Å². The molecule has 3 N–H and O–H groups in total. The average molecular weight is 241 g/mol. The summed E-state index contributed by atoms with van der Waals surface area (Å²) in [5.74, 6) is -1.63. The first-order valence-corrected chi connectivity index (χ1v) is 5.98. The summed E-state index contributed by atoms with van der Waals surface area (Å²) in [5.41, 5.74) is 6.35. The van der Waals surface area contributed by atoms with Gasteiger partial charge in [0.2, 0.25) is 0 Å². The third-order valence-corrected chi connectivity index (χ3v) is 3.58. The van der Waals surface area contributed by atoms with Crippen LogP contribution < -0.4 is 5.73 Å². The fourth-order valence-corrected chi connectivity index (χ4v) is 2.51. The van der Waals surface area contributed by atoms with Gasteiger partial charge < -0.3 is 10.8 Å². The van der Waals surface area contributed by atoms with Crippen LogP contribution in [0.25, 0.3) is 0 Å². The zero-order valence-electron chi connectivity index (χ0n) is 9.57. The van der Waals surface area contributed by atoms with E-state index in [1.807, 2.05) is 0 Å². The smallest absolute Gasteiger partial charge is 0.159 e. The van der Waals surface area contributed by atoms with E-state index < -0.39 is 23.8 Å². The van der Waals surface area contributed by atoms with Gasteiger partial charge in [-0.2, -0.15) is 0 Å². The lowest BCUT2D eigenvalue weighted by atomic mass is 9.91. The Hall–Kier alpha value is -1.00. The van der Waals surface area contributed by atoms with Crippen LogP contribution in [0.5, 0.6) is 0 Å². The van der Waals surface area contributed by atoms with E-state index in [0.29, 0.717) is 5.56 Å². The molecule has 0 saturated heterocycles. The zero-order valence-corrected chi connectivity index (χ0v) is 9.57. The van der Waals surface area contributed by atoms with Gasteiger partial charge in [0.15, 0.2) is 11.6 Å². The number of benzene rings is 1. The monoisotopic (exact) mass is 241 g/mol. The van der Waals surface area contributed by atoms with Crippen molar-refractivity contribution in [2.45, 2.75) is 37.8 Å². The van der Waals surface area contributed by atoms with E-state index in [-0.39, 0.29) is 5.92 Å². The molecule has 0 radical (unpaired) electrons. The lowest BCUT2D eigenvalue weighted by Gasteiger charge is -2.24. The van der Waals surface area contributed by atoms with E-state index in [0.717, 1.165) is 37.8 Å². The molecule has 2 atom stereocenters. The molecule has 0 amide bonds. The first-order chi connectivity index (χ1) is 8.09. The van der Waals surface area contributed by atoms with Crippen LogP contribution in [-0.2, 0) is 0 Å². The second-order valence-electron chi connectivity index (χ2n) is 4.73. The molecule has 1 aromatic carbocycles. The molecular weight excluding hydrogens is 224 g/mol. The maximum atomic E-state index is 13.1. The van der Waals surface area contributed by atoms with Crippen LogP contribution in [0.2, 0.25) is 0 Å². The zero-order chi connectivity index (χ0) is 12.4. The highest BCUT2D eigenvalue weighted by molar-refractivity contribution is 5.22. The number of hydrogen-bond donors (Lipinski definition) is 2. The minimum atomic E-state index is -0.920. The molecule has 0 aliphatic heterocycles. The van der Waals surface area contributed by atoms with E-state index in [1.165, 1.54) is 6.07 Å². The van der Waals surface area contributed by atoms with Gasteiger partial charge in [0.05, 0.1) is 12.1 Å². The van der Waals surface area contributed by atoms with Crippen LogP contribution in [0.4, 0.5) is 8.78 Å². The van der Waals surface area contributed by atoms with Crippen LogP contribution in [-0.4, -0.2) is 11.2 Å². The van der Waals surface area contributed by atoms with Gasteiger partial charge in [0.1, 0.15) is 0 Å². The van der Waals surface area contributed by atoms with E-state index in [2.05, 4.69) is 0 Å². The highest BCUT2D eigenvalue weighted by Gasteiger charge is 2.29. The van der Waals surface area contributed by atoms with Crippen molar-refractivity contribution >= 4 is 0 Å². The van der Waals surface area contributed by atoms with Crippen molar-refractivity contribution in [3.05, 3.63) is 35.4 Å². The fraction of sp³-hybridized carbons (Fsp3) is 0.538. The van der Waals surface area contributed by atoms with Crippen molar-refractivity contribution in [1.82, 2.24) is 0 Å². The molecule has 0 aromatic heterocycles. The molecule has 2 nitrogen and oxygen atoms in total. The van der Waals surface area contributed by atoms with E-state index in [4.69, 9.17) is 5.73 Å². The number of halogens is 2. The van der Waals surface area contributed by atoms with Crippen molar-refractivity contribution in [1.29, 1.82) is 0 Å². The van der Waals surface area contributed by atoms with Crippen LogP contribution in [0, 0.1) is 17.6 Å². The highest BCUT2D eigenvalue weighted by atomic mass is 19.2. The van der Waals surface area contributed by atoms with E-state index in [9.17, 15) is 13.9 Å². The van der Waals surface area contributed by atoms with Crippen molar-refractivity contribution < 1.29 is 13.9 Å². The van der Waals surface area contributed by atoms with Gasteiger partial charge in [-0.3, -0.25) is 0 Å². The molecular formula is C13H17F2NO. The van der Waals surface area contributed by atoms with Gasteiger partial charge in [0, 0.05) is 0 Å². The summed E-state index contributed by atoms with van der Waals surface area (Å²) in [7, 11) is 0. The maximum absolute atomic E-state index is 13.1. The molecule has 94 valence electrons. The molecule has 2 rings (SSSR count). The lowest BCUT2D eigenvalue weighted by molar-refractivity contribution is 0.0843. The average Bonchev–Trinajstić information content (AvgIpc) is 2.84. The molecule has 1 fully saturated rings. The van der Waals surface area contributed by atoms with Crippen LogP contribution in [0.1, 0.15) is 37.3 Å². The summed E-state index contributed by atoms with van der Waals surface area (Å²) in [6, 6.07) is 2.90. The Morgan fingerprint density at radius 1 is 1.18 bits per heavy atom. The van der Waals surface area contributed by atoms with Crippen molar-refractivity contribution in [2.24, 2.45) is 11.7 Å². The molecule has 0 bridgehead atoms. The molecule has 0 spiro atoms. The Morgan fingerprint density at radius 2 is 1.82 bits per heavy atom. The number of rotatable bonds is 3. The summed E-state index contributed by atoms with van der Waals surface area (Å²) in [6.45, 7) is 0. The van der Waals surface area contributed by atoms with Crippen LogP contribution >= 0.6 is 0 Å². The largest absolute Gasteiger partial charge is 0.391 e. The number of aliphatic hydroxyl groups excluding tert-OH is 1. The van der Waals surface area contributed by atoms with Gasteiger partial charge in [-0.25, -0.2) is 8.78 Å². The van der Waals surface area contributed by atoms with Crippen molar-refractivity contribution in [2.75, 3.05) is 0 Å². The van der Waals surface area contributed by atoms with Gasteiger partial charge in [0.25, 0.3) is 0 Å². The third kappa shape index (κ3) is 2.64. The minimum absolute atomic E-state index is 0.179. The summed E-state index contributed by atoms with van der Waals surface area (Å²) >= 11 is 0. The van der Waals surface area contributed by atoms with E-state index >= 15 is 0 Å². The summed E-state index contributed by atoms with van der Waals surface area (Å²) in [5, 5.41) is 10.1. The first-order valence-electron chi connectivity index (χ1n) is 5.98. The Labute approximate surface area is 99.4 Å². The predicted octanol–water partition coefficient (Wildman–Crippen LogP) is 2.52. The van der Waals surface area contributed by atoms with Gasteiger partial charge in [-0.1, -0.05) is 18.9 Å². The highest BCUT2D eigenvalue weighted by Crippen LogP contribution is 2.32. The van der Waals surface area contributed by atoms with Gasteiger partial charge in [-0.15, -0.1) is 0 Å². The predicted molar refractivity (Wildman–Crippen MR) is 61.3 cm³/mol. The molecule has 1 aliphatic rings. The molecule has 1 aliphatic carbocycles. The second-order valence-corrected chi connectivity index (χ2v) is 4.73. The quantitative estimate of drug-likeness (QED) is 0.854. The molecule has 0 unspecified atom stereocenters. The standard InChI is InChI=1S/C13H17F2NO/c14-10-6-5-9(7-11(10)15)12(16)13(17)8-3-1-2-4-8/h5-8,12-13,17H,1-4,16H2/t12-,13+/m0/s1. The number of aliphatic hydroxyl groups is 1. The Bertz CT molecular complexity index is 391. The third-order valence-electron chi connectivity index (χ3n) is 3.58. The maximum Gasteiger partial charge on any atom is 0.159 e. The number of hydrogen-bond acceptors (Lipinski definition) is 2. The summed E-state index contributed by atoms with van der Waals surface area (Å²) in [6.07, 6.45) is 3.44. The van der Waals surface area contributed by atoms with Crippen molar-refractivity contribution in [3.63, 3.8) is 0 Å². The first kappa shape index (κ1) is 12.5. The topological polar surface area (TPSA) is 46.2 Å². The van der Waals surface area contributed by atoms with Crippen molar-refractivity contribution in [3.8, 4) is 0 Å². The Morgan fingerprint density at radius 3 is 2.41 bits per heavy atom. The number of nitrogens with two attached hydrogens (primary N) is 1. The molecule has 4 heteroatoms.